The first-order chi connectivity index (χ1) is 16.9. The van der Waals surface area contributed by atoms with Crippen molar-refractivity contribution in [1.29, 1.82) is 0 Å². The molecular formula is C29H29NO5. The molecule has 6 heteroatoms. The van der Waals surface area contributed by atoms with E-state index >= 15 is 0 Å². The SMILES string of the molecule is CC(C)Oc1ccc(/C(O)=C2/C(=O)C(=O)N(CC3CCCO3)C2c2cccc3ccccc23)cc1. The van der Waals surface area contributed by atoms with Crippen molar-refractivity contribution < 1.29 is 24.2 Å². The minimum absolute atomic E-state index is 0.0175. The highest BCUT2D eigenvalue weighted by atomic mass is 16.5. The minimum Gasteiger partial charge on any atom is -0.507 e. The first kappa shape index (κ1) is 23.1. The van der Waals surface area contributed by atoms with E-state index < -0.39 is 17.7 Å². The Bertz CT molecular complexity index is 1280. The summed E-state index contributed by atoms with van der Waals surface area (Å²) >= 11 is 0. The topological polar surface area (TPSA) is 76.1 Å². The highest BCUT2D eigenvalue weighted by Crippen LogP contribution is 2.42. The highest BCUT2D eigenvalue weighted by Gasteiger charge is 2.47. The second kappa shape index (κ2) is 9.55. The Labute approximate surface area is 204 Å². The largest absolute Gasteiger partial charge is 0.507 e. The summed E-state index contributed by atoms with van der Waals surface area (Å²) in [5, 5.41) is 13.3. The molecule has 1 amide bonds. The van der Waals surface area contributed by atoms with Gasteiger partial charge in [0, 0.05) is 18.7 Å². The van der Waals surface area contributed by atoms with E-state index in [0.717, 1.165) is 29.2 Å². The molecule has 6 nitrogen and oxygen atoms in total. The van der Waals surface area contributed by atoms with Gasteiger partial charge in [-0.2, -0.15) is 0 Å². The molecule has 3 aromatic carbocycles. The van der Waals surface area contributed by atoms with Crippen LogP contribution in [0.2, 0.25) is 0 Å². The van der Waals surface area contributed by atoms with E-state index in [-0.39, 0.29) is 23.5 Å². The molecule has 0 radical (unpaired) electrons. The van der Waals surface area contributed by atoms with Crippen LogP contribution in [0.3, 0.4) is 0 Å². The van der Waals surface area contributed by atoms with Gasteiger partial charge in [-0.3, -0.25) is 9.59 Å². The number of amides is 1. The highest BCUT2D eigenvalue weighted by molar-refractivity contribution is 6.46. The van der Waals surface area contributed by atoms with Crippen LogP contribution in [-0.4, -0.2) is 47.1 Å². The molecule has 2 unspecified atom stereocenters. The van der Waals surface area contributed by atoms with Crippen LogP contribution in [0.4, 0.5) is 0 Å². The molecule has 0 spiro atoms. The molecule has 2 atom stereocenters. The molecule has 0 aromatic heterocycles. The predicted octanol–water partition coefficient (Wildman–Crippen LogP) is 5.23. The third-order valence-electron chi connectivity index (χ3n) is 6.58. The Kier molecular flexibility index (Phi) is 6.31. The van der Waals surface area contributed by atoms with Crippen LogP contribution in [-0.2, 0) is 14.3 Å². The van der Waals surface area contributed by atoms with Gasteiger partial charge in [0.15, 0.2) is 0 Å². The summed E-state index contributed by atoms with van der Waals surface area (Å²) in [6.45, 7) is 4.83. The Hall–Kier alpha value is -3.64. The van der Waals surface area contributed by atoms with Gasteiger partial charge >= 0.3 is 0 Å². The smallest absolute Gasteiger partial charge is 0.295 e. The van der Waals surface area contributed by atoms with Crippen molar-refractivity contribution in [1.82, 2.24) is 4.90 Å². The Morgan fingerprint density at radius 1 is 1.06 bits per heavy atom. The Morgan fingerprint density at radius 2 is 1.80 bits per heavy atom. The molecule has 0 aliphatic carbocycles. The van der Waals surface area contributed by atoms with Crippen molar-refractivity contribution in [2.45, 2.75) is 44.9 Å². The molecule has 3 aromatic rings. The van der Waals surface area contributed by atoms with E-state index in [9.17, 15) is 14.7 Å². The maximum absolute atomic E-state index is 13.4. The average Bonchev–Trinajstić information content (AvgIpc) is 3.46. The van der Waals surface area contributed by atoms with Crippen LogP contribution >= 0.6 is 0 Å². The number of nitrogens with zero attached hydrogens (tertiary/aromatic N) is 1. The van der Waals surface area contributed by atoms with Crippen molar-refractivity contribution in [3.8, 4) is 5.75 Å². The zero-order valence-electron chi connectivity index (χ0n) is 19.9. The number of aliphatic hydroxyl groups excluding tert-OH is 1. The van der Waals surface area contributed by atoms with Gasteiger partial charge in [-0.05, 0) is 67.3 Å². The van der Waals surface area contributed by atoms with Crippen molar-refractivity contribution >= 4 is 28.2 Å². The minimum atomic E-state index is -0.711. The number of ketones is 1. The van der Waals surface area contributed by atoms with E-state index in [1.54, 1.807) is 29.2 Å². The molecule has 35 heavy (non-hydrogen) atoms. The standard InChI is InChI=1S/C29H29NO5/c1-18(2)35-21-14-12-20(13-15-21)27(31)25-26(24-11-5-8-19-7-3-4-10-23(19)24)30(29(33)28(25)32)17-22-9-6-16-34-22/h3-5,7-8,10-15,18,22,26,31H,6,9,16-17H2,1-2H3/b27-25-. The number of carbonyl (C=O) groups is 2. The lowest BCUT2D eigenvalue weighted by Crippen LogP contribution is -2.36. The molecule has 0 saturated carbocycles. The molecule has 2 aliphatic heterocycles. The summed E-state index contributed by atoms with van der Waals surface area (Å²) in [5.41, 5.74) is 1.37. The number of carbonyl (C=O) groups excluding carboxylic acids is 2. The number of hydrogen-bond donors (Lipinski definition) is 1. The Morgan fingerprint density at radius 3 is 2.51 bits per heavy atom. The zero-order valence-corrected chi connectivity index (χ0v) is 19.9. The quantitative estimate of drug-likeness (QED) is 0.303. The number of fused-ring (bicyclic) bond motifs is 1. The lowest BCUT2D eigenvalue weighted by Gasteiger charge is -2.28. The van der Waals surface area contributed by atoms with Crippen LogP contribution in [0.15, 0.2) is 72.3 Å². The lowest BCUT2D eigenvalue weighted by molar-refractivity contribution is -0.140. The van der Waals surface area contributed by atoms with E-state index in [0.29, 0.717) is 24.5 Å². The fourth-order valence-electron chi connectivity index (χ4n) is 5.01. The second-order valence-corrected chi connectivity index (χ2v) is 9.35. The zero-order chi connectivity index (χ0) is 24.5. The number of benzene rings is 3. The first-order valence-corrected chi connectivity index (χ1v) is 12.1. The van der Waals surface area contributed by atoms with Crippen molar-refractivity contribution in [2.24, 2.45) is 0 Å². The number of hydrogen-bond acceptors (Lipinski definition) is 5. The number of rotatable bonds is 6. The van der Waals surface area contributed by atoms with Gasteiger partial charge in [0.2, 0.25) is 0 Å². The lowest BCUT2D eigenvalue weighted by atomic mass is 9.91. The van der Waals surface area contributed by atoms with Gasteiger partial charge in [-0.15, -0.1) is 0 Å². The summed E-state index contributed by atoms with van der Waals surface area (Å²) in [6.07, 6.45) is 1.66. The second-order valence-electron chi connectivity index (χ2n) is 9.35. The van der Waals surface area contributed by atoms with Gasteiger partial charge in [0.05, 0.1) is 23.8 Å². The summed E-state index contributed by atoms with van der Waals surface area (Å²) < 4.78 is 11.5. The van der Waals surface area contributed by atoms with Gasteiger partial charge in [-0.1, -0.05) is 42.5 Å². The third-order valence-corrected chi connectivity index (χ3v) is 6.58. The molecule has 180 valence electrons. The number of likely N-dealkylation sites (tertiary alicyclic amines) is 1. The number of Topliss-reactive ketones (excluding diaryl/α,β-unsaturated/α-hetero) is 1. The predicted molar refractivity (Wildman–Crippen MR) is 134 cm³/mol. The van der Waals surface area contributed by atoms with Crippen molar-refractivity contribution in [2.75, 3.05) is 13.2 Å². The van der Waals surface area contributed by atoms with Crippen molar-refractivity contribution in [3.05, 3.63) is 83.4 Å². The molecule has 2 aliphatic rings. The van der Waals surface area contributed by atoms with Crippen LogP contribution in [0.25, 0.3) is 16.5 Å². The maximum atomic E-state index is 13.4. The summed E-state index contributed by atoms with van der Waals surface area (Å²) in [4.78, 5) is 28.2. The number of ether oxygens (including phenoxy) is 2. The number of aliphatic hydroxyl groups is 1. The summed E-state index contributed by atoms with van der Waals surface area (Å²) in [6, 6.07) is 19.9. The van der Waals surface area contributed by atoms with Crippen molar-refractivity contribution in [3.63, 3.8) is 0 Å². The Balaban J connectivity index is 1.64. The third kappa shape index (κ3) is 4.42. The summed E-state index contributed by atoms with van der Waals surface area (Å²) in [5.74, 6) is -0.811. The summed E-state index contributed by atoms with van der Waals surface area (Å²) in [7, 11) is 0. The maximum Gasteiger partial charge on any atom is 0.295 e. The van der Waals surface area contributed by atoms with Gasteiger partial charge in [0.25, 0.3) is 11.7 Å². The first-order valence-electron chi connectivity index (χ1n) is 12.1. The van der Waals surface area contributed by atoms with Crippen LogP contribution < -0.4 is 4.74 Å². The molecule has 5 rings (SSSR count). The molecule has 1 N–H and O–H groups in total. The van der Waals surface area contributed by atoms with E-state index in [1.165, 1.54) is 0 Å². The molecule has 0 bridgehead atoms. The van der Waals surface area contributed by atoms with E-state index in [4.69, 9.17) is 9.47 Å². The van der Waals surface area contributed by atoms with E-state index in [2.05, 4.69) is 0 Å². The molecule has 2 heterocycles. The monoisotopic (exact) mass is 471 g/mol. The fourth-order valence-corrected chi connectivity index (χ4v) is 5.01. The van der Waals surface area contributed by atoms with Crippen LogP contribution in [0, 0.1) is 0 Å². The van der Waals surface area contributed by atoms with Gasteiger partial charge < -0.3 is 19.5 Å². The van der Waals surface area contributed by atoms with Gasteiger partial charge in [0.1, 0.15) is 11.5 Å². The van der Waals surface area contributed by atoms with E-state index in [1.807, 2.05) is 56.3 Å². The average molecular weight is 472 g/mol. The van der Waals surface area contributed by atoms with Crippen LogP contribution in [0.1, 0.15) is 43.9 Å². The molecule has 2 saturated heterocycles. The fraction of sp³-hybridized carbons (Fsp3) is 0.310. The normalized spacial score (nSPS) is 21.9. The van der Waals surface area contributed by atoms with Gasteiger partial charge in [-0.25, -0.2) is 0 Å². The molecular weight excluding hydrogens is 442 g/mol. The molecule has 2 fully saturated rings. The van der Waals surface area contributed by atoms with Crippen LogP contribution in [0.5, 0.6) is 5.75 Å².